The normalized spacial score (nSPS) is 23.5. The number of ether oxygens (including phenoxy) is 1. The Bertz CT molecular complexity index is 1140. The first-order chi connectivity index (χ1) is 16.2. The SMILES string of the molecule is O=C(OC1CCCC1)N1C2CCC1CN(Cc1c(-c3ccc(Cl)cc3)nc3ncccn13)C2. The van der Waals surface area contributed by atoms with Gasteiger partial charge < -0.3 is 4.74 Å². The molecule has 0 spiro atoms. The number of nitrogens with zero attached hydrogens (tertiary/aromatic N) is 5. The van der Waals surface area contributed by atoms with Gasteiger partial charge in [0, 0.05) is 54.7 Å². The van der Waals surface area contributed by atoms with Crippen LogP contribution in [0.5, 0.6) is 0 Å². The lowest BCUT2D eigenvalue weighted by Crippen LogP contribution is -2.56. The van der Waals surface area contributed by atoms with E-state index in [-0.39, 0.29) is 24.3 Å². The molecule has 3 aromatic rings. The van der Waals surface area contributed by atoms with Gasteiger partial charge in [-0.05, 0) is 56.7 Å². The molecule has 2 atom stereocenters. The number of hydrogen-bond donors (Lipinski definition) is 0. The second kappa shape index (κ2) is 8.61. The number of likely N-dealkylation sites (tertiary alicyclic amines) is 1. The van der Waals surface area contributed by atoms with E-state index in [2.05, 4.69) is 14.3 Å². The fourth-order valence-electron chi connectivity index (χ4n) is 5.76. The first kappa shape index (κ1) is 20.9. The van der Waals surface area contributed by atoms with E-state index < -0.39 is 0 Å². The summed E-state index contributed by atoms with van der Waals surface area (Å²) in [7, 11) is 0. The smallest absolute Gasteiger partial charge is 0.410 e. The summed E-state index contributed by atoms with van der Waals surface area (Å²) in [5.74, 6) is 0.694. The molecule has 2 saturated heterocycles. The van der Waals surface area contributed by atoms with Gasteiger partial charge in [-0.3, -0.25) is 14.2 Å². The highest BCUT2D eigenvalue weighted by Crippen LogP contribution is 2.34. The number of piperazine rings is 1. The summed E-state index contributed by atoms with van der Waals surface area (Å²) in [6.07, 6.45) is 10.2. The van der Waals surface area contributed by atoms with Crippen molar-refractivity contribution in [1.82, 2.24) is 24.2 Å². The molecule has 6 rings (SSSR count). The van der Waals surface area contributed by atoms with Crippen molar-refractivity contribution in [1.29, 1.82) is 0 Å². The van der Waals surface area contributed by atoms with E-state index in [0.717, 1.165) is 62.3 Å². The summed E-state index contributed by atoms with van der Waals surface area (Å²) >= 11 is 6.12. The number of carbonyl (C=O) groups excluding carboxylic acids is 1. The van der Waals surface area contributed by atoms with Crippen molar-refractivity contribution in [3.05, 3.63) is 53.4 Å². The predicted molar refractivity (Wildman–Crippen MR) is 126 cm³/mol. The summed E-state index contributed by atoms with van der Waals surface area (Å²) < 4.78 is 7.93. The fourth-order valence-corrected chi connectivity index (χ4v) is 5.89. The fraction of sp³-hybridized carbons (Fsp3) is 0.480. The lowest BCUT2D eigenvalue weighted by Gasteiger charge is -2.40. The average molecular weight is 466 g/mol. The predicted octanol–water partition coefficient (Wildman–Crippen LogP) is 4.78. The maximum atomic E-state index is 12.9. The molecule has 7 nitrogen and oxygen atoms in total. The first-order valence-electron chi connectivity index (χ1n) is 11.9. The third kappa shape index (κ3) is 3.97. The standard InChI is InChI=1S/C25H28ClN5O2/c26-18-8-6-17(7-9-18)23-22(30-13-3-12-27-24(30)28-23)16-29-14-19-10-11-20(15-29)31(19)25(32)33-21-4-1-2-5-21/h3,6-9,12-13,19-21H,1-2,4-5,10-11,14-16H2. The molecule has 2 unspecified atom stereocenters. The Morgan fingerprint density at radius 2 is 1.79 bits per heavy atom. The molecule has 2 aromatic heterocycles. The van der Waals surface area contributed by atoms with Gasteiger partial charge in [0.25, 0.3) is 0 Å². The Labute approximate surface area is 198 Å². The first-order valence-corrected chi connectivity index (χ1v) is 12.3. The van der Waals surface area contributed by atoms with E-state index in [9.17, 15) is 4.79 Å². The summed E-state index contributed by atoms with van der Waals surface area (Å²) in [5, 5.41) is 0.708. The molecule has 0 radical (unpaired) electrons. The molecule has 4 heterocycles. The van der Waals surface area contributed by atoms with Gasteiger partial charge in [-0.2, -0.15) is 0 Å². The van der Waals surface area contributed by atoms with Gasteiger partial charge in [0.05, 0.1) is 11.4 Å². The Kier molecular flexibility index (Phi) is 5.46. The lowest BCUT2D eigenvalue weighted by molar-refractivity contribution is 0.0198. The van der Waals surface area contributed by atoms with E-state index >= 15 is 0 Å². The Morgan fingerprint density at radius 3 is 2.52 bits per heavy atom. The van der Waals surface area contributed by atoms with E-state index in [4.69, 9.17) is 21.3 Å². The molecule has 2 bridgehead atoms. The van der Waals surface area contributed by atoms with Crippen LogP contribution in [0.2, 0.25) is 5.02 Å². The van der Waals surface area contributed by atoms with E-state index in [1.165, 1.54) is 12.8 Å². The molecular weight excluding hydrogens is 438 g/mol. The summed E-state index contributed by atoms with van der Waals surface area (Å²) in [4.78, 5) is 26.7. The van der Waals surface area contributed by atoms with Crippen molar-refractivity contribution in [3.63, 3.8) is 0 Å². The minimum Gasteiger partial charge on any atom is -0.446 e. The monoisotopic (exact) mass is 465 g/mol. The molecule has 1 saturated carbocycles. The third-order valence-corrected chi connectivity index (χ3v) is 7.58. The molecule has 0 N–H and O–H groups in total. The van der Waals surface area contributed by atoms with Crippen molar-refractivity contribution in [2.45, 2.75) is 63.3 Å². The lowest BCUT2D eigenvalue weighted by atomic mass is 10.1. The quantitative estimate of drug-likeness (QED) is 0.555. The molecule has 3 fully saturated rings. The van der Waals surface area contributed by atoms with Crippen LogP contribution in [-0.2, 0) is 11.3 Å². The molecule has 1 aromatic carbocycles. The van der Waals surface area contributed by atoms with Crippen LogP contribution in [0.4, 0.5) is 4.79 Å². The van der Waals surface area contributed by atoms with E-state index in [0.29, 0.717) is 10.8 Å². The van der Waals surface area contributed by atoms with Crippen LogP contribution in [0.3, 0.4) is 0 Å². The van der Waals surface area contributed by atoms with E-state index in [1.54, 1.807) is 6.20 Å². The zero-order valence-electron chi connectivity index (χ0n) is 18.6. The van der Waals surface area contributed by atoms with Crippen molar-refractivity contribution >= 4 is 23.5 Å². The molecule has 33 heavy (non-hydrogen) atoms. The van der Waals surface area contributed by atoms with Gasteiger partial charge in [-0.25, -0.2) is 14.8 Å². The number of fused-ring (bicyclic) bond motifs is 3. The zero-order chi connectivity index (χ0) is 22.4. The second-order valence-corrected chi connectivity index (χ2v) is 9.92. The largest absolute Gasteiger partial charge is 0.446 e. The van der Waals surface area contributed by atoms with Crippen molar-refractivity contribution in [3.8, 4) is 11.3 Å². The van der Waals surface area contributed by atoms with Crippen molar-refractivity contribution in [2.24, 2.45) is 0 Å². The summed E-state index contributed by atoms with van der Waals surface area (Å²) in [5.41, 5.74) is 3.07. The zero-order valence-corrected chi connectivity index (χ0v) is 19.3. The molecule has 2 aliphatic heterocycles. The number of aromatic nitrogens is 3. The number of imidazole rings is 1. The number of amides is 1. The van der Waals surface area contributed by atoms with Crippen LogP contribution >= 0.6 is 11.6 Å². The number of rotatable bonds is 4. The van der Waals surface area contributed by atoms with Gasteiger partial charge in [0.15, 0.2) is 0 Å². The highest BCUT2D eigenvalue weighted by Gasteiger charge is 2.44. The minimum absolute atomic E-state index is 0.102. The van der Waals surface area contributed by atoms with Gasteiger partial charge in [-0.15, -0.1) is 0 Å². The second-order valence-electron chi connectivity index (χ2n) is 9.48. The van der Waals surface area contributed by atoms with Gasteiger partial charge >= 0.3 is 6.09 Å². The summed E-state index contributed by atoms with van der Waals surface area (Å²) in [6.45, 7) is 2.46. The minimum atomic E-state index is -0.102. The van der Waals surface area contributed by atoms with Gasteiger partial charge in [0.1, 0.15) is 6.10 Å². The molecule has 172 valence electrons. The van der Waals surface area contributed by atoms with E-state index in [1.807, 2.05) is 41.4 Å². The molecule has 3 aliphatic rings. The van der Waals surface area contributed by atoms with Crippen LogP contribution in [0.15, 0.2) is 42.7 Å². The van der Waals surface area contributed by atoms with Crippen LogP contribution < -0.4 is 0 Å². The summed E-state index contributed by atoms with van der Waals surface area (Å²) in [6, 6.07) is 10.2. The number of benzene rings is 1. The third-order valence-electron chi connectivity index (χ3n) is 7.33. The topological polar surface area (TPSA) is 63.0 Å². The maximum Gasteiger partial charge on any atom is 0.410 e. The Balaban J connectivity index is 1.23. The molecular formula is C25H28ClN5O2. The number of hydrogen-bond acceptors (Lipinski definition) is 5. The van der Waals surface area contributed by atoms with Crippen molar-refractivity contribution < 1.29 is 9.53 Å². The highest BCUT2D eigenvalue weighted by molar-refractivity contribution is 6.30. The van der Waals surface area contributed by atoms with Crippen molar-refractivity contribution in [2.75, 3.05) is 13.1 Å². The molecule has 1 amide bonds. The molecule has 8 heteroatoms. The van der Waals surface area contributed by atoms with Crippen LogP contribution in [0, 0.1) is 0 Å². The average Bonchev–Trinajstić information content (AvgIpc) is 3.52. The molecule has 1 aliphatic carbocycles. The van der Waals surface area contributed by atoms with Gasteiger partial charge in [0.2, 0.25) is 5.78 Å². The number of halogens is 1. The van der Waals surface area contributed by atoms with Gasteiger partial charge in [-0.1, -0.05) is 23.7 Å². The Hall–Kier alpha value is -2.64. The number of carbonyl (C=O) groups is 1. The van der Waals surface area contributed by atoms with Crippen LogP contribution in [0.1, 0.15) is 44.2 Å². The van der Waals surface area contributed by atoms with Crippen LogP contribution in [-0.4, -0.2) is 61.5 Å². The highest BCUT2D eigenvalue weighted by atomic mass is 35.5. The van der Waals surface area contributed by atoms with Crippen LogP contribution in [0.25, 0.3) is 17.0 Å². The Morgan fingerprint density at radius 1 is 1.06 bits per heavy atom. The maximum absolute atomic E-state index is 12.9.